The summed E-state index contributed by atoms with van der Waals surface area (Å²) in [6.07, 6.45) is 12.5. The molecule has 3 rings (SSSR count). The van der Waals surface area contributed by atoms with Gasteiger partial charge in [0.2, 0.25) is 10.4 Å². The molecule has 0 saturated heterocycles. The van der Waals surface area contributed by atoms with Gasteiger partial charge < -0.3 is 4.55 Å². The summed E-state index contributed by atoms with van der Waals surface area (Å²) in [5.41, 5.74) is 0. The number of rotatable bonds is 19. The summed E-state index contributed by atoms with van der Waals surface area (Å²) >= 11 is 0. The Morgan fingerprint density at radius 3 is 1.15 bits per heavy atom. The first-order valence-corrected chi connectivity index (χ1v) is 19.6. The van der Waals surface area contributed by atoms with Crippen LogP contribution in [0.2, 0.25) is 0 Å². The minimum Gasteiger partial charge on any atom is -0.726 e. The number of halogens is 1. The van der Waals surface area contributed by atoms with Gasteiger partial charge >= 0.3 is 10.4 Å². The fraction of sp³-hybridized carbons (Fsp3) is 0.471. The summed E-state index contributed by atoms with van der Waals surface area (Å²) in [4.78, 5) is 4.08. The van der Waals surface area contributed by atoms with E-state index in [-0.39, 0.29) is 48.1 Å². The van der Waals surface area contributed by atoms with E-state index in [1.165, 1.54) is 53.2 Å². The lowest BCUT2D eigenvalue weighted by Crippen LogP contribution is -2.05. The molecule has 46 heavy (non-hydrogen) atoms. The molecule has 0 saturated carbocycles. The standard InChI is InChI=1S/C18H15S.2C8H18O4S.HI/c1-4-10-16(11-5-1)19(17-12-6-2-7-13-17)18-14-8-3-9-15-18;2*1-2-3-4-5-6-7-8-12-13(9,10)11;/h1-15H;2*2-8H2,1H3,(H,9,10,11);1H/q+1;;;/p-1. The number of hydrogen-bond acceptors (Lipinski definition) is 7. The van der Waals surface area contributed by atoms with Crippen LogP contribution in [-0.4, -0.2) is 39.2 Å². The Kier molecular flexibility index (Phi) is 26.5. The molecule has 0 heterocycles. The van der Waals surface area contributed by atoms with Crippen molar-refractivity contribution in [2.24, 2.45) is 0 Å². The molecular formula is C34H51IO8S3. The second-order valence-corrected chi connectivity index (χ2v) is 14.4. The van der Waals surface area contributed by atoms with Crippen molar-refractivity contribution >= 4 is 55.7 Å². The normalized spacial score (nSPS) is 11.1. The van der Waals surface area contributed by atoms with E-state index in [2.05, 4.69) is 113 Å². The van der Waals surface area contributed by atoms with Gasteiger partial charge in [0.25, 0.3) is 0 Å². The van der Waals surface area contributed by atoms with E-state index in [4.69, 9.17) is 4.55 Å². The van der Waals surface area contributed by atoms with Crippen molar-refractivity contribution in [3.8, 4) is 0 Å². The molecule has 0 radical (unpaired) electrons. The van der Waals surface area contributed by atoms with Crippen LogP contribution in [0.1, 0.15) is 90.9 Å². The fourth-order valence-electron chi connectivity index (χ4n) is 4.17. The Labute approximate surface area is 298 Å². The van der Waals surface area contributed by atoms with Gasteiger partial charge in [-0.05, 0) is 49.2 Å². The third-order valence-corrected chi connectivity index (χ3v) is 9.54. The molecule has 3 aromatic carbocycles. The Bertz CT molecular complexity index is 1190. The topological polar surface area (TPSA) is 130 Å². The Morgan fingerprint density at radius 1 is 0.543 bits per heavy atom. The molecule has 1 N–H and O–H groups in total. The van der Waals surface area contributed by atoms with Gasteiger partial charge in [0, 0.05) is 0 Å². The third kappa shape index (κ3) is 24.6. The van der Waals surface area contributed by atoms with Crippen LogP contribution in [-0.2, 0) is 40.1 Å². The minimum atomic E-state index is -4.47. The van der Waals surface area contributed by atoms with Crippen molar-refractivity contribution in [1.82, 2.24) is 0 Å². The zero-order valence-electron chi connectivity index (χ0n) is 27.0. The first-order chi connectivity index (χ1) is 21.6. The predicted octanol–water partition coefficient (Wildman–Crippen LogP) is 9.39. The maximum atomic E-state index is 10.1. The van der Waals surface area contributed by atoms with Crippen LogP contribution >= 0.6 is 24.0 Å². The highest BCUT2D eigenvalue weighted by Crippen LogP contribution is 2.30. The summed E-state index contributed by atoms with van der Waals surface area (Å²) < 4.78 is 66.6. The van der Waals surface area contributed by atoms with Crippen LogP contribution in [0.15, 0.2) is 106 Å². The maximum Gasteiger partial charge on any atom is 0.397 e. The van der Waals surface area contributed by atoms with Crippen LogP contribution in [0, 0.1) is 0 Å². The van der Waals surface area contributed by atoms with E-state index in [0.29, 0.717) is 12.8 Å². The number of unbranched alkanes of at least 4 members (excludes halogenated alkanes) is 10. The first kappa shape index (κ1) is 44.5. The van der Waals surface area contributed by atoms with E-state index in [0.717, 1.165) is 25.7 Å². The number of hydrogen-bond donors (Lipinski definition) is 1. The minimum absolute atomic E-state index is 0. The number of benzene rings is 3. The highest BCUT2D eigenvalue weighted by molar-refractivity contribution is 14.0. The highest BCUT2D eigenvalue weighted by atomic mass is 127. The van der Waals surface area contributed by atoms with E-state index >= 15 is 0 Å². The summed E-state index contributed by atoms with van der Waals surface area (Å²) in [6.45, 7) is 4.39. The summed E-state index contributed by atoms with van der Waals surface area (Å²) in [6, 6.07) is 32.2. The van der Waals surface area contributed by atoms with Crippen molar-refractivity contribution in [3.05, 3.63) is 91.0 Å². The maximum absolute atomic E-state index is 10.1. The molecule has 8 nitrogen and oxygen atoms in total. The molecule has 0 aromatic heterocycles. The largest absolute Gasteiger partial charge is 0.726 e. The molecule has 0 aliphatic rings. The average molecular weight is 811 g/mol. The Morgan fingerprint density at radius 2 is 0.848 bits per heavy atom. The molecule has 3 aromatic rings. The third-order valence-electron chi connectivity index (χ3n) is 6.39. The van der Waals surface area contributed by atoms with E-state index < -0.39 is 20.8 Å². The lowest BCUT2D eigenvalue weighted by Gasteiger charge is -2.07. The first-order valence-electron chi connectivity index (χ1n) is 15.7. The predicted molar refractivity (Wildman–Crippen MR) is 197 cm³/mol. The Hall–Kier alpha value is -1.52. The SMILES string of the molecule is CCCCCCCCOS(=O)(=O)O.CCCCCCCCOS(=O)(=O)[O-].I.c1ccc([S+](c2ccccc2)c2ccccc2)cc1. The van der Waals surface area contributed by atoms with Crippen LogP contribution < -0.4 is 0 Å². The van der Waals surface area contributed by atoms with Gasteiger partial charge in [-0.1, -0.05) is 133 Å². The van der Waals surface area contributed by atoms with Crippen LogP contribution in [0.5, 0.6) is 0 Å². The lowest BCUT2D eigenvalue weighted by molar-refractivity contribution is 0.254. The monoisotopic (exact) mass is 810 g/mol. The van der Waals surface area contributed by atoms with Gasteiger partial charge in [-0.25, -0.2) is 12.6 Å². The van der Waals surface area contributed by atoms with E-state index in [9.17, 15) is 21.4 Å². The highest BCUT2D eigenvalue weighted by Gasteiger charge is 2.27. The molecule has 12 heteroatoms. The van der Waals surface area contributed by atoms with E-state index in [1.807, 2.05) is 0 Å². The molecule has 0 aliphatic carbocycles. The zero-order chi connectivity index (χ0) is 33.2. The van der Waals surface area contributed by atoms with E-state index in [1.54, 1.807) is 0 Å². The molecule has 0 fully saturated rings. The van der Waals surface area contributed by atoms with Gasteiger partial charge in [-0.15, -0.1) is 24.0 Å². The molecule has 0 amide bonds. The Balaban J connectivity index is 0.000000677. The smallest absolute Gasteiger partial charge is 0.397 e. The van der Waals surface area contributed by atoms with Crippen molar-refractivity contribution in [2.45, 2.75) is 106 Å². The van der Waals surface area contributed by atoms with Crippen LogP contribution in [0.25, 0.3) is 0 Å². The van der Waals surface area contributed by atoms with Gasteiger partial charge in [-0.3, -0.25) is 8.74 Å². The quantitative estimate of drug-likeness (QED) is 0.0417. The van der Waals surface area contributed by atoms with Crippen molar-refractivity contribution < 1.29 is 34.3 Å². The lowest BCUT2D eigenvalue weighted by atomic mass is 10.1. The summed E-state index contributed by atoms with van der Waals surface area (Å²) in [5, 5.41) is 0. The van der Waals surface area contributed by atoms with Gasteiger partial charge in [0.1, 0.15) is 0 Å². The summed E-state index contributed by atoms with van der Waals surface area (Å²) in [5.74, 6) is 0. The van der Waals surface area contributed by atoms with Crippen LogP contribution in [0.3, 0.4) is 0 Å². The second kappa shape index (κ2) is 27.4. The summed E-state index contributed by atoms with van der Waals surface area (Å²) in [7, 11) is -8.71. The molecule has 0 aliphatic heterocycles. The molecule has 260 valence electrons. The van der Waals surface area contributed by atoms with Crippen molar-refractivity contribution in [3.63, 3.8) is 0 Å². The van der Waals surface area contributed by atoms with Gasteiger partial charge in [0.05, 0.1) is 24.1 Å². The fourth-order valence-corrected chi connectivity index (χ4v) is 6.92. The van der Waals surface area contributed by atoms with Gasteiger partial charge in [-0.2, -0.15) is 8.42 Å². The molecular weight excluding hydrogens is 759 g/mol. The van der Waals surface area contributed by atoms with Crippen molar-refractivity contribution in [2.75, 3.05) is 13.2 Å². The van der Waals surface area contributed by atoms with Crippen molar-refractivity contribution in [1.29, 1.82) is 0 Å². The molecule has 0 bridgehead atoms. The van der Waals surface area contributed by atoms with Gasteiger partial charge in [0.15, 0.2) is 14.7 Å². The average Bonchev–Trinajstić information content (AvgIpc) is 3.02. The molecule has 0 unspecified atom stereocenters. The molecule has 0 spiro atoms. The van der Waals surface area contributed by atoms with Crippen LogP contribution in [0.4, 0.5) is 0 Å². The molecule has 0 atom stereocenters. The zero-order valence-corrected chi connectivity index (χ0v) is 31.8. The second-order valence-electron chi connectivity index (χ2n) is 10.3.